The summed E-state index contributed by atoms with van der Waals surface area (Å²) >= 11 is 0. The van der Waals surface area contributed by atoms with Crippen molar-refractivity contribution in [1.82, 2.24) is 5.32 Å². The van der Waals surface area contributed by atoms with Crippen LogP contribution in [0.2, 0.25) is 0 Å². The molecule has 1 nitrogen and oxygen atoms in total. The van der Waals surface area contributed by atoms with Gasteiger partial charge in [0.1, 0.15) is 11.6 Å². The van der Waals surface area contributed by atoms with Gasteiger partial charge >= 0.3 is 0 Å². The van der Waals surface area contributed by atoms with Gasteiger partial charge in [0.25, 0.3) is 0 Å². The van der Waals surface area contributed by atoms with Crippen LogP contribution in [0.3, 0.4) is 0 Å². The lowest BCUT2D eigenvalue weighted by atomic mass is 10.1. The zero-order chi connectivity index (χ0) is 10.8. The van der Waals surface area contributed by atoms with Crippen LogP contribution in [0.1, 0.15) is 18.4 Å². The van der Waals surface area contributed by atoms with Gasteiger partial charge in [-0.25, -0.2) is 8.78 Å². The second kappa shape index (κ2) is 3.85. The zero-order valence-corrected chi connectivity index (χ0v) is 8.19. The first kappa shape index (κ1) is 9.90. The fourth-order valence-corrected chi connectivity index (χ4v) is 1.59. The molecule has 0 aliphatic carbocycles. The van der Waals surface area contributed by atoms with Crippen molar-refractivity contribution in [3.63, 3.8) is 0 Å². The van der Waals surface area contributed by atoms with Gasteiger partial charge in [0.2, 0.25) is 0 Å². The molecule has 0 atom stereocenters. The minimum atomic E-state index is -0.566. The standard InChI is InChI=1S/C12H11F2N/c1-8-3-2-4-12(15-8)9-5-10(13)7-11(14)6-9/h4-7,15H,1-3H2. The number of hydrogen-bond donors (Lipinski definition) is 1. The molecule has 0 unspecified atom stereocenters. The van der Waals surface area contributed by atoms with Gasteiger partial charge in [0, 0.05) is 23.0 Å². The summed E-state index contributed by atoms with van der Waals surface area (Å²) in [6, 6.07) is 3.47. The Hall–Kier alpha value is -1.64. The minimum Gasteiger partial charge on any atom is -0.359 e. The van der Waals surface area contributed by atoms with E-state index in [0.29, 0.717) is 5.56 Å². The maximum atomic E-state index is 13.0. The summed E-state index contributed by atoms with van der Waals surface area (Å²) in [5.74, 6) is -1.13. The van der Waals surface area contributed by atoms with Crippen molar-refractivity contribution in [2.24, 2.45) is 0 Å². The molecule has 1 aromatic rings. The van der Waals surface area contributed by atoms with E-state index in [0.717, 1.165) is 30.3 Å². The van der Waals surface area contributed by atoms with Crippen molar-refractivity contribution in [2.45, 2.75) is 12.8 Å². The van der Waals surface area contributed by atoms with Gasteiger partial charge in [-0.05, 0) is 25.0 Å². The Kier molecular flexibility index (Phi) is 2.54. The fraction of sp³-hybridized carbons (Fsp3) is 0.167. The number of benzene rings is 1. The third kappa shape index (κ3) is 2.24. The highest BCUT2D eigenvalue weighted by Crippen LogP contribution is 2.21. The van der Waals surface area contributed by atoms with Crippen molar-refractivity contribution in [3.05, 3.63) is 53.7 Å². The normalized spacial score (nSPS) is 15.9. The maximum Gasteiger partial charge on any atom is 0.126 e. The monoisotopic (exact) mass is 207 g/mol. The second-order valence-corrected chi connectivity index (χ2v) is 3.54. The number of rotatable bonds is 1. The summed E-state index contributed by atoms with van der Waals surface area (Å²) in [5.41, 5.74) is 2.12. The van der Waals surface area contributed by atoms with Crippen LogP contribution in [0.15, 0.2) is 36.6 Å². The lowest BCUT2D eigenvalue weighted by Crippen LogP contribution is -2.14. The molecule has 0 aromatic heterocycles. The Labute approximate surface area is 87.1 Å². The van der Waals surface area contributed by atoms with Crippen LogP contribution in [0, 0.1) is 11.6 Å². The number of nitrogens with one attached hydrogen (secondary N) is 1. The Morgan fingerprint density at radius 1 is 1.13 bits per heavy atom. The van der Waals surface area contributed by atoms with E-state index in [9.17, 15) is 8.78 Å². The zero-order valence-electron chi connectivity index (χ0n) is 8.19. The predicted molar refractivity (Wildman–Crippen MR) is 55.8 cm³/mol. The van der Waals surface area contributed by atoms with Crippen LogP contribution in [0.25, 0.3) is 5.70 Å². The van der Waals surface area contributed by atoms with E-state index in [1.807, 2.05) is 6.08 Å². The topological polar surface area (TPSA) is 12.0 Å². The molecule has 2 rings (SSSR count). The van der Waals surface area contributed by atoms with Crippen LogP contribution < -0.4 is 5.32 Å². The Bertz CT molecular complexity index is 415. The van der Waals surface area contributed by atoms with Crippen molar-refractivity contribution < 1.29 is 8.78 Å². The van der Waals surface area contributed by atoms with Gasteiger partial charge in [0.05, 0.1) is 0 Å². The lowest BCUT2D eigenvalue weighted by molar-refractivity contribution is 0.582. The quantitative estimate of drug-likeness (QED) is 0.745. The molecule has 0 bridgehead atoms. The van der Waals surface area contributed by atoms with Crippen LogP contribution in [0.4, 0.5) is 8.78 Å². The van der Waals surface area contributed by atoms with Gasteiger partial charge < -0.3 is 5.32 Å². The van der Waals surface area contributed by atoms with Gasteiger partial charge in [-0.3, -0.25) is 0 Å². The van der Waals surface area contributed by atoms with E-state index in [1.54, 1.807) is 0 Å². The summed E-state index contributed by atoms with van der Waals surface area (Å²) < 4.78 is 25.9. The van der Waals surface area contributed by atoms with Gasteiger partial charge in [-0.15, -0.1) is 0 Å². The number of hydrogen-bond acceptors (Lipinski definition) is 1. The molecule has 0 amide bonds. The Morgan fingerprint density at radius 2 is 1.80 bits per heavy atom. The molecule has 78 valence electrons. The van der Waals surface area contributed by atoms with E-state index in [2.05, 4.69) is 11.9 Å². The smallest absolute Gasteiger partial charge is 0.126 e. The molecular weight excluding hydrogens is 196 g/mol. The summed E-state index contributed by atoms with van der Waals surface area (Å²) in [5, 5.41) is 3.02. The molecule has 0 spiro atoms. The molecule has 1 heterocycles. The van der Waals surface area contributed by atoms with Crippen molar-refractivity contribution >= 4 is 5.70 Å². The fourth-order valence-electron chi connectivity index (χ4n) is 1.59. The summed E-state index contributed by atoms with van der Waals surface area (Å²) in [6.45, 7) is 3.80. The van der Waals surface area contributed by atoms with E-state index in [4.69, 9.17) is 0 Å². The highest BCUT2D eigenvalue weighted by Gasteiger charge is 2.09. The molecular formula is C12H11F2N. The third-order valence-electron chi connectivity index (χ3n) is 2.28. The van der Waals surface area contributed by atoms with Gasteiger partial charge in [-0.2, -0.15) is 0 Å². The molecule has 1 aliphatic rings. The lowest BCUT2D eigenvalue weighted by Gasteiger charge is -2.18. The van der Waals surface area contributed by atoms with Crippen LogP contribution >= 0.6 is 0 Å². The van der Waals surface area contributed by atoms with Crippen LogP contribution in [-0.2, 0) is 0 Å². The molecule has 3 heteroatoms. The first-order valence-electron chi connectivity index (χ1n) is 4.76. The number of halogens is 2. The number of allylic oxidation sites excluding steroid dienone is 2. The average molecular weight is 207 g/mol. The van der Waals surface area contributed by atoms with Crippen molar-refractivity contribution in [1.29, 1.82) is 0 Å². The first-order valence-corrected chi connectivity index (χ1v) is 4.76. The molecule has 0 saturated carbocycles. The third-order valence-corrected chi connectivity index (χ3v) is 2.28. The Balaban J connectivity index is 2.36. The van der Waals surface area contributed by atoms with Crippen molar-refractivity contribution in [2.75, 3.05) is 0 Å². The molecule has 0 fully saturated rings. The first-order chi connectivity index (χ1) is 7.15. The maximum absolute atomic E-state index is 13.0. The Morgan fingerprint density at radius 3 is 2.40 bits per heavy atom. The SMILES string of the molecule is C=C1CCC=C(c2cc(F)cc(F)c2)N1. The molecule has 1 aromatic carbocycles. The average Bonchev–Trinajstić information content (AvgIpc) is 2.16. The van der Waals surface area contributed by atoms with E-state index < -0.39 is 11.6 Å². The minimum absolute atomic E-state index is 0.522. The molecule has 0 radical (unpaired) electrons. The largest absolute Gasteiger partial charge is 0.359 e. The summed E-state index contributed by atoms with van der Waals surface area (Å²) in [4.78, 5) is 0. The second-order valence-electron chi connectivity index (χ2n) is 3.54. The molecule has 0 saturated heterocycles. The van der Waals surface area contributed by atoms with Gasteiger partial charge in [0.15, 0.2) is 0 Å². The van der Waals surface area contributed by atoms with E-state index in [-0.39, 0.29) is 0 Å². The predicted octanol–water partition coefficient (Wildman–Crippen LogP) is 3.20. The van der Waals surface area contributed by atoms with Gasteiger partial charge in [-0.1, -0.05) is 12.7 Å². The van der Waals surface area contributed by atoms with E-state index in [1.165, 1.54) is 12.1 Å². The van der Waals surface area contributed by atoms with Crippen molar-refractivity contribution in [3.8, 4) is 0 Å². The highest BCUT2D eigenvalue weighted by atomic mass is 19.1. The summed E-state index contributed by atoms with van der Waals surface area (Å²) in [7, 11) is 0. The molecule has 15 heavy (non-hydrogen) atoms. The summed E-state index contributed by atoms with van der Waals surface area (Å²) in [6.07, 6.45) is 3.63. The van der Waals surface area contributed by atoms with E-state index >= 15 is 0 Å². The molecule has 1 N–H and O–H groups in total. The molecule has 1 aliphatic heterocycles. The van der Waals surface area contributed by atoms with Crippen LogP contribution in [0.5, 0.6) is 0 Å². The highest BCUT2D eigenvalue weighted by molar-refractivity contribution is 5.66. The van der Waals surface area contributed by atoms with Crippen LogP contribution in [-0.4, -0.2) is 0 Å².